The summed E-state index contributed by atoms with van der Waals surface area (Å²) < 4.78 is 59.6. The molecule has 1 aliphatic rings. The largest absolute Gasteiger partial charge is 0.493 e. The Morgan fingerprint density at radius 3 is 2.34 bits per heavy atom. The summed E-state index contributed by atoms with van der Waals surface area (Å²) in [4.78, 5) is 26.3. The third-order valence-corrected chi connectivity index (χ3v) is 8.77. The third kappa shape index (κ3) is 10.2. The van der Waals surface area contributed by atoms with E-state index in [-0.39, 0.29) is 37.6 Å². The van der Waals surface area contributed by atoms with E-state index in [1.807, 2.05) is 13.8 Å². The molecule has 0 bridgehead atoms. The summed E-state index contributed by atoms with van der Waals surface area (Å²) in [5, 5.41) is 13.0. The van der Waals surface area contributed by atoms with Crippen LogP contribution in [0, 0.1) is 17.8 Å². The lowest BCUT2D eigenvalue weighted by Gasteiger charge is -2.41. The second-order valence-corrected chi connectivity index (χ2v) is 12.3. The number of halogens is 4. The van der Waals surface area contributed by atoms with Crippen molar-refractivity contribution in [1.82, 2.24) is 9.74 Å². The number of rotatable bonds is 18. The molecule has 252 valence electrons. The highest BCUT2D eigenvalue weighted by Gasteiger charge is 2.65. The quantitative estimate of drug-likeness (QED) is 0.149. The number of carbonyl (C=O) groups excluding carboxylic acids is 2. The van der Waals surface area contributed by atoms with Gasteiger partial charge in [0.2, 0.25) is 5.60 Å². The Morgan fingerprint density at radius 2 is 1.75 bits per heavy atom. The van der Waals surface area contributed by atoms with Gasteiger partial charge in [-0.1, -0.05) is 45.2 Å². The fraction of sp³-hybridized carbons (Fsp3) is 0.742. The van der Waals surface area contributed by atoms with Gasteiger partial charge in [-0.3, -0.25) is 14.0 Å². The first-order chi connectivity index (χ1) is 20.8. The molecule has 44 heavy (non-hydrogen) atoms. The number of aliphatic hydroxyl groups excluding tert-OH is 1. The van der Waals surface area contributed by atoms with Crippen molar-refractivity contribution in [2.24, 2.45) is 23.5 Å². The van der Waals surface area contributed by atoms with Crippen molar-refractivity contribution in [2.45, 2.75) is 89.1 Å². The Hall–Kier alpha value is -2.12. The van der Waals surface area contributed by atoms with Crippen LogP contribution < -0.4 is 15.8 Å². The molecule has 4 N–H and O–H groups in total. The maximum absolute atomic E-state index is 14.3. The van der Waals surface area contributed by atoms with Crippen LogP contribution in [0.15, 0.2) is 24.3 Å². The summed E-state index contributed by atoms with van der Waals surface area (Å²) >= 11 is 6.46. The number of carbonyl (C=O) groups is 2. The molecule has 1 aromatic rings. The Bertz CT molecular complexity index is 1030. The molecule has 0 unspecified atom stereocenters. The van der Waals surface area contributed by atoms with Crippen LogP contribution in [-0.2, 0) is 14.3 Å². The molecular formula is C31H49ClF3N3O6. The van der Waals surface area contributed by atoms with Crippen LogP contribution in [0.2, 0.25) is 0 Å². The number of hydrogen-bond donors (Lipinski definition) is 3. The van der Waals surface area contributed by atoms with Crippen LogP contribution in [0.3, 0.4) is 0 Å². The number of aliphatic hydroxyl groups is 1. The summed E-state index contributed by atoms with van der Waals surface area (Å²) in [5.41, 5.74) is 3.56. The minimum Gasteiger partial charge on any atom is -0.493 e. The van der Waals surface area contributed by atoms with E-state index in [0.29, 0.717) is 37.4 Å². The van der Waals surface area contributed by atoms with E-state index in [4.69, 9.17) is 31.7 Å². The maximum atomic E-state index is 14.3. The molecule has 2 amide bonds. The number of para-hydroxylation sites is 1. The average Bonchev–Trinajstić information content (AvgIpc) is 2.99. The van der Waals surface area contributed by atoms with Gasteiger partial charge in [0.25, 0.3) is 11.8 Å². The van der Waals surface area contributed by atoms with Gasteiger partial charge in [0, 0.05) is 57.7 Å². The predicted octanol–water partition coefficient (Wildman–Crippen LogP) is 5.08. The smallest absolute Gasteiger partial charge is 0.426 e. The second kappa shape index (κ2) is 18.1. The van der Waals surface area contributed by atoms with Gasteiger partial charge < -0.3 is 30.4 Å². The van der Waals surface area contributed by atoms with E-state index in [0.717, 1.165) is 30.8 Å². The van der Waals surface area contributed by atoms with Crippen molar-refractivity contribution >= 4 is 23.6 Å². The van der Waals surface area contributed by atoms with Crippen molar-refractivity contribution in [2.75, 3.05) is 40.5 Å². The standard InChI is InChI=1S/C31H49ClF3N3O6/c1-21(2)22(20-38(32)28(40)24-14-8-9-15-27(24)44-17-11-10-16-42-3)18-25(36)26(39)19-37-29(41)30(43-4,31(33,34)35)23-12-6-5-7-13-23/h8-9,14-15,21-23,25-26,39H,5-7,10-13,16-20,36H2,1-4H3,(H,37,41)/t22-,25+,26+,30-/m1/s1. The number of nitrogens with one attached hydrogen (secondary N) is 1. The molecular weight excluding hydrogens is 603 g/mol. The van der Waals surface area contributed by atoms with Crippen LogP contribution in [-0.4, -0.2) is 85.8 Å². The molecule has 0 aromatic heterocycles. The number of alkyl halides is 3. The fourth-order valence-electron chi connectivity index (χ4n) is 5.69. The van der Waals surface area contributed by atoms with Gasteiger partial charge in [0.1, 0.15) is 5.75 Å². The minimum atomic E-state index is -4.94. The van der Waals surface area contributed by atoms with Crippen molar-refractivity contribution in [1.29, 1.82) is 0 Å². The van der Waals surface area contributed by atoms with Crippen molar-refractivity contribution < 1.29 is 42.1 Å². The van der Waals surface area contributed by atoms with E-state index in [9.17, 15) is 27.9 Å². The summed E-state index contributed by atoms with van der Waals surface area (Å²) in [6.45, 7) is 4.45. The monoisotopic (exact) mass is 651 g/mol. The zero-order valence-electron chi connectivity index (χ0n) is 26.2. The molecule has 9 nitrogen and oxygen atoms in total. The average molecular weight is 652 g/mol. The van der Waals surface area contributed by atoms with Crippen molar-refractivity contribution in [3.63, 3.8) is 0 Å². The van der Waals surface area contributed by atoms with Gasteiger partial charge >= 0.3 is 6.18 Å². The van der Waals surface area contributed by atoms with Gasteiger partial charge in [0.05, 0.1) is 18.3 Å². The highest BCUT2D eigenvalue weighted by molar-refractivity contribution is 6.24. The molecule has 1 aliphatic carbocycles. The Balaban J connectivity index is 2.02. The third-order valence-electron chi connectivity index (χ3n) is 8.48. The predicted molar refractivity (Wildman–Crippen MR) is 162 cm³/mol. The van der Waals surface area contributed by atoms with Crippen molar-refractivity contribution in [3.8, 4) is 5.75 Å². The number of methoxy groups -OCH3 is 2. The van der Waals surface area contributed by atoms with Crippen LogP contribution in [0.1, 0.15) is 75.6 Å². The van der Waals surface area contributed by atoms with Crippen LogP contribution in [0.4, 0.5) is 13.2 Å². The second-order valence-electron chi connectivity index (χ2n) is 11.8. The number of hydrogen-bond acceptors (Lipinski definition) is 7. The molecule has 0 spiro atoms. The molecule has 0 saturated heterocycles. The van der Waals surface area contributed by atoms with Crippen LogP contribution in [0.25, 0.3) is 0 Å². The SMILES string of the molecule is COCCCCOc1ccccc1C(=O)N(Cl)C[C@@H](C[C@H](N)[C@@H](O)CNC(=O)[C@](OC)(C1CCCCC1)C(F)(F)F)C(C)C. The fourth-order valence-corrected chi connectivity index (χ4v) is 5.96. The lowest BCUT2D eigenvalue weighted by molar-refractivity contribution is -0.279. The first-order valence-corrected chi connectivity index (χ1v) is 15.7. The molecule has 4 atom stereocenters. The van der Waals surface area contributed by atoms with E-state index in [2.05, 4.69) is 5.32 Å². The lowest BCUT2D eigenvalue weighted by Crippen LogP contribution is -2.64. The zero-order chi connectivity index (χ0) is 32.9. The first kappa shape index (κ1) is 38.1. The molecule has 0 aliphatic heterocycles. The van der Waals surface area contributed by atoms with Gasteiger partial charge in [-0.25, -0.2) is 0 Å². The van der Waals surface area contributed by atoms with E-state index < -0.39 is 48.2 Å². The number of amides is 2. The summed E-state index contributed by atoms with van der Waals surface area (Å²) in [7, 11) is 2.52. The number of unbranched alkanes of at least 4 members (excludes halogenated alkanes) is 1. The number of ether oxygens (including phenoxy) is 3. The van der Waals surface area contributed by atoms with Crippen molar-refractivity contribution in [3.05, 3.63) is 29.8 Å². The van der Waals surface area contributed by atoms with E-state index in [1.165, 1.54) is 0 Å². The van der Waals surface area contributed by atoms with Gasteiger partial charge in [-0.15, -0.1) is 0 Å². The van der Waals surface area contributed by atoms with E-state index >= 15 is 0 Å². The van der Waals surface area contributed by atoms with Crippen LogP contribution >= 0.6 is 11.8 Å². The summed E-state index contributed by atoms with van der Waals surface area (Å²) in [6, 6.07) is 5.88. The molecule has 1 saturated carbocycles. The van der Waals surface area contributed by atoms with E-state index in [1.54, 1.807) is 31.4 Å². The Kier molecular flexibility index (Phi) is 15.7. The first-order valence-electron chi connectivity index (χ1n) is 15.3. The maximum Gasteiger partial charge on any atom is 0.426 e. The minimum absolute atomic E-state index is 0.0122. The van der Waals surface area contributed by atoms with Gasteiger partial charge in [-0.2, -0.15) is 13.2 Å². The molecule has 2 rings (SSSR count). The normalized spacial score (nSPS) is 17.9. The number of benzene rings is 1. The number of nitrogens with two attached hydrogens (primary N) is 1. The molecule has 1 fully saturated rings. The topological polar surface area (TPSA) is 123 Å². The van der Waals surface area contributed by atoms with Gasteiger partial charge in [-0.05, 0) is 56.1 Å². The number of nitrogens with zero attached hydrogens (tertiary/aromatic N) is 1. The zero-order valence-corrected chi connectivity index (χ0v) is 27.0. The molecule has 1 aromatic carbocycles. The Labute approximate surface area is 264 Å². The molecule has 13 heteroatoms. The van der Waals surface area contributed by atoms with Crippen LogP contribution in [0.5, 0.6) is 5.75 Å². The summed E-state index contributed by atoms with van der Waals surface area (Å²) in [6.07, 6.45) is -2.12. The highest BCUT2D eigenvalue weighted by Crippen LogP contribution is 2.45. The molecule has 0 radical (unpaired) electrons. The Morgan fingerprint density at radius 1 is 1.11 bits per heavy atom. The highest BCUT2D eigenvalue weighted by atomic mass is 35.5. The molecule has 0 heterocycles. The summed E-state index contributed by atoms with van der Waals surface area (Å²) in [5.74, 6) is -2.68. The lowest BCUT2D eigenvalue weighted by atomic mass is 9.75. The van der Waals surface area contributed by atoms with Gasteiger partial charge in [0.15, 0.2) is 0 Å².